The van der Waals surface area contributed by atoms with Gasteiger partial charge in [0.05, 0.1) is 5.69 Å². The molecule has 0 spiro atoms. The van der Waals surface area contributed by atoms with Gasteiger partial charge in [-0.25, -0.2) is 18.1 Å². The molecule has 0 aliphatic heterocycles. The summed E-state index contributed by atoms with van der Waals surface area (Å²) >= 11 is 0. The number of hydrogen-bond acceptors (Lipinski definition) is 4. The molecule has 1 heterocycles. The second kappa shape index (κ2) is 3.93. The molecule has 1 aromatic rings. The van der Waals surface area contributed by atoms with Gasteiger partial charge < -0.3 is 5.73 Å². The third-order valence-corrected chi connectivity index (χ3v) is 3.08. The number of aromatic nitrogens is 1. The lowest BCUT2D eigenvalue weighted by molar-refractivity contribution is 0.566. The number of nitrogens with one attached hydrogen (secondary N) is 1. The van der Waals surface area contributed by atoms with Gasteiger partial charge in [0.15, 0.2) is 5.03 Å². The predicted octanol–water partition coefficient (Wildman–Crippen LogP) is 0.350. The zero-order chi connectivity index (χ0) is 10.8. The number of nitrogens with two attached hydrogens (primary N) is 1. The number of pyridine rings is 1. The maximum Gasteiger partial charge on any atom is 0.260 e. The summed E-state index contributed by atoms with van der Waals surface area (Å²) in [5, 5.41) is -0.117. The third kappa shape index (κ3) is 2.43. The van der Waals surface area contributed by atoms with E-state index in [1.54, 1.807) is 19.9 Å². The maximum atomic E-state index is 11.6. The van der Waals surface area contributed by atoms with Gasteiger partial charge in [0.25, 0.3) is 10.0 Å². The predicted molar refractivity (Wildman–Crippen MR) is 54.1 cm³/mol. The largest absolute Gasteiger partial charge is 0.396 e. The summed E-state index contributed by atoms with van der Waals surface area (Å²) in [7, 11) is -3.58. The first-order valence-corrected chi connectivity index (χ1v) is 5.64. The number of nitrogen functional groups attached to an aromatic ring is 1. The van der Waals surface area contributed by atoms with Gasteiger partial charge in [0.1, 0.15) is 0 Å². The first-order valence-electron chi connectivity index (χ1n) is 4.16. The Labute approximate surface area is 83.4 Å². The van der Waals surface area contributed by atoms with Crippen LogP contribution in [0.25, 0.3) is 0 Å². The molecule has 1 rings (SSSR count). The number of rotatable bonds is 3. The molecule has 6 heteroatoms. The summed E-state index contributed by atoms with van der Waals surface area (Å²) in [6.07, 6.45) is 1.39. The van der Waals surface area contributed by atoms with Crippen LogP contribution in [0.2, 0.25) is 0 Å². The van der Waals surface area contributed by atoms with E-state index in [0.717, 1.165) is 0 Å². The van der Waals surface area contributed by atoms with Gasteiger partial charge in [-0.1, -0.05) is 0 Å². The van der Waals surface area contributed by atoms with E-state index in [2.05, 4.69) is 9.71 Å². The first-order chi connectivity index (χ1) is 6.43. The molecule has 78 valence electrons. The molecule has 0 saturated heterocycles. The molecule has 0 atom stereocenters. The second-order valence-electron chi connectivity index (χ2n) is 3.17. The Morgan fingerprint density at radius 2 is 2.14 bits per heavy atom. The summed E-state index contributed by atoms with van der Waals surface area (Å²) in [6, 6.07) is 2.91. The van der Waals surface area contributed by atoms with Crippen LogP contribution in [-0.4, -0.2) is 19.4 Å². The Balaban J connectivity index is 3.11. The molecule has 0 aliphatic carbocycles. The molecule has 0 unspecified atom stereocenters. The Morgan fingerprint density at radius 3 is 2.64 bits per heavy atom. The smallest absolute Gasteiger partial charge is 0.260 e. The van der Waals surface area contributed by atoms with Crippen molar-refractivity contribution in [2.75, 3.05) is 5.73 Å². The fraction of sp³-hybridized carbons (Fsp3) is 0.375. The fourth-order valence-electron chi connectivity index (χ4n) is 0.994. The van der Waals surface area contributed by atoms with Crippen LogP contribution < -0.4 is 10.5 Å². The summed E-state index contributed by atoms with van der Waals surface area (Å²) in [5.74, 6) is 0. The molecule has 0 bridgehead atoms. The van der Waals surface area contributed by atoms with E-state index in [1.807, 2.05) is 0 Å². The molecular weight excluding hydrogens is 202 g/mol. The number of anilines is 1. The number of nitrogens with zero attached hydrogens (tertiary/aromatic N) is 1. The fourth-order valence-corrected chi connectivity index (χ4v) is 2.30. The molecule has 3 N–H and O–H groups in total. The van der Waals surface area contributed by atoms with Gasteiger partial charge in [-0.3, -0.25) is 0 Å². The standard InChI is InChI=1S/C8H13N3O2S/c1-6(2)11-14(12,13)8-7(9)4-3-5-10-8/h3-6,11H,9H2,1-2H3. The van der Waals surface area contributed by atoms with Crippen LogP contribution in [0.15, 0.2) is 23.4 Å². The van der Waals surface area contributed by atoms with Gasteiger partial charge in [-0.05, 0) is 26.0 Å². The van der Waals surface area contributed by atoms with E-state index >= 15 is 0 Å². The average Bonchev–Trinajstić information content (AvgIpc) is 2.02. The Morgan fingerprint density at radius 1 is 1.50 bits per heavy atom. The van der Waals surface area contributed by atoms with Crippen molar-refractivity contribution in [3.05, 3.63) is 18.3 Å². The molecule has 0 aliphatic rings. The van der Waals surface area contributed by atoms with Crippen LogP contribution in [0.3, 0.4) is 0 Å². The molecular formula is C8H13N3O2S. The maximum absolute atomic E-state index is 11.6. The van der Waals surface area contributed by atoms with Gasteiger partial charge in [-0.15, -0.1) is 0 Å². The highest BCUT2D eigenvalue weighted by Crippen LogP contribution is 2.13. The van der Waals surface area contributed by atoms with Crippen LogP contribution in [0.1, 0.15) is 13.8 Å². The van der Waals surface area contributed by atoms with E-state index in [4.69, 9.17) is 5.73 Å². The van der Waals surface area contributed by atoms with Crippen LogP contribution >= 0.6 is 0 Å². The topological polar surface area (TPSA) is 85.1 Å². The summed E-state index contributed by atoms with van der Waals surface area (Å²) < 4.78 is 25.6. The van der Waals surface area contributed by atoms with Crippen molar-refractivity contribution in [3.63, 3.8) is 0 Å². The van der Waals surface area contributed by atoms with Crippen molar-refractivity contribution >= 4 is 15.7 Å². The van der Waals surface area contributed by atoms with Crippen molar-refractivity contribution in [2.45, 2.75) is 24.9 Å². The number of hydrogen-bond donors (Lipinski definition) is 2. The Hall–Kier alpha value is -1.14. The van der Waals surface area contributed by atoms with Crippen molar-refractivity contribution in [1.29, 1.82) is 0 Å². The highest BCUT2D eigenvalue weighted by atomic mass is 32.2. The highest BCUT2D eigenvalue weighted by Gasteiger charge is 2.19. The second-order valence-corrected chi connectivity index (χ2v) is 4.80. The lowest BCUT2D eigenvalue weighted by atomic mass is 10.4. The van der Waals surface area contributed by atoms with Crippen LogP contribution in [0, 0.1) is 0 Å². The molecule has 0 fully saturated rings. The summed E-state index contributed by atoms with van der Waals surface area (Å²) in [6.45, 7) is 3.47. The monoisotopic (exact) mass is 215 g/mol. The quantitative estimate of drug-likeness (QED) is 0.762. The minimum atomic E-state index is -3.58. The van der Waals surface area contributed by atoms with E-state index < -0.39 is 10.0 Å². The van der Waals surface area contributed by atoms with Gasteiger partial charge in [0.2, 0.25) is 0 Å². The van der Waals surface area contributed by atoms with E-state index in [9.17, 15) is 8.42 Å². The Kier molecular flexibility index (Phi) is 3.07. The van der Waals surface area contributed by atoms with E-state index in [-0.39, 0.29) is 16.8 Å². The normalized spacial score (nSPS) is 11.9. The molecule has 0 saturated carbocycles. The van der Waals surface area contributed by atoms with Gasteiger partial charge in [-0.2, -0.15) is 0 Å². The SMILES string of the molecule is CC(C)NS(=O)(=O)c1ncccc1N. The van der Waals surface area contributed by atoms with Gasteiger partial charge in [0, 0.05) is 12.2 Å². The lowest BCUT2D eigenvalue weighted by Gasteiger charge is -2.09. The van der Waals surface area contributed by atoms with Crippen molar-refractivity contribution in [2.24, 2.45) is 0 Å². The molecule has 0 radical (unpaired) electrons. The molecule has 5 nitrogen and oxygen atoms in total. The molecule has 14 heavy (non-hydrogen) atoms. The highest BCUT2D eigenvalue weighted by molar-refractivity contribution is 7.89. The Bertz CT molecular complexity index is 414. The molecule has 0 amide bonds. The van der Waals surface area contributed by atoms with Crippen molar-refractivity contribution in [3.8, 4) is 0 Å². The van der Waals surface area contributed by atoms with E-state index in [0.29, 0.717) is 0 Å². The zero-order valence-electron chi connectivity index (χ0n) is 8.06. The van der Waals surface area contributed by atoms with Crippen molar-refractivity contribution < 1.29 is 8.42 Å². The summed E-state index contributed by atoms with van der Waals surface area (Å²) in [5.41, 5.74) is 5.65. The average molecular weight is 215 g/mol. The van der Waals surface area contributed by atoms with E-state index in [1.165, 1.54) is 12.3 Å². The summed E-state index contributed by atoms with van der Waals surface area (Å²) in [4.78, 5) is 3.73. The minimum absolute atomic E-state index is 0.117. The van der Waals surface area contributed by atoms with Crippen LogP contribution in [0.5, 0.6) is 0 Å². The van der Waals surface area contributed by atoms with Crippen LogP contribution in [0.4, 0.5) is 5.69 Å². The third-order valence-electron chi connectivity index (χ3n) is 1.45. The zero-order valence-corrected chi connectivity index (χ0v) is 8.88. The number of sulfonamides is 1. The van der Waals surface area contributed by atoms with Crippen molar-refractivity contribution in [1.82, 2.24) is 9.71 Å². The molecule has 1 aromatic heterocycles. The van der Waals surface area contributed by atoms with Crippen LogP contribution in [-0.2, 0) is 10.0 Å². The minimum Gasteiger partial charge on any atom is -0.396 e. The first kappa shape index (κ1) is 10.9. The molecule has 0 aromatic carbocycles. The van der Waals surface area contributed by atoms with Gasteiger partial charge >= 0.3 is 0 Å². The lowest BCUT2D eigenvalue weighted by Crippen LogP contribution is -2.31.